The number of hydrogen-bond donors (Lipinski definition) is 1. The topological polar surface area (TPSA) is 37.8 Å². The number of aromatic amines is 1. The summed E-state index contributed by atoms with van der Waals surface area (Å²) in [5.41, 5.74) is 2.28. The van der Waals surface area contributed by atoms with Crippen molar-refractivity contribution in [3.63, 3.8) is 0 Å². The van der Waals surface area contributed by atoms with E-state index in [1.165, 1.54) is 0 Å². The van der Waals surface area contributed by atoms with Crippen LogP contribution in [0.5, 0.6) is 0 Å². The first kappa shape index (κ1) is 12.1. The minimum absolute atomic E-state index is 0.176. The van der Waals surface area contributed by atoms with Crippen LogP contribution in [0, 0.1) is 5.92 Å². The van der Waals surface area contributed by atoms with Crippen molar-refractivity contribution in [2.75, 3.05) is 0 Å². The molecule has 0 saturated heterocycles. The predicted octanol–water partition coefficient (Wildman–Crippen LogP) is 2.35. The quantitative estimate of drug-likeness (QED) is 0.796. The van der Waals surface area contributed by atoms with Crippen LogP contribution < -0.4 is 5.56 Å². The van der Waals surface area contributed by atoms with Gasteiger partial charge in [0.15, 0.2) is 0 Å². The van der Waals surface area contributed by atoms with E-state index in [-0.39, 0.29) is 5.56 Å². The lowest BCUT2D eigenvalue weighted by Gasteiger charge is -2.04. The molecule has 3 heteroatoms. The van der Waals surface area contributed by atoms with E-state index in [2.05, 4.69) is 25.9 Å². The highest BCUT2D eigenvalue weighted by atomic mass is 16.1. The van der Waals surface area contributed by atoms with Crippen LogP contribution in [-0.4, -0.2) is 9.78 Å². The maximum Gasteiger partial charge on any atom is 0.269 e. The van der Waals surface area contributed by atoms with Gasteiger partial charge in [0.2, 0.25) is 0 Å². The molecule has 0 aliphatic carbocycles. The van der Waals surface area contributed by atoms with Crippen molar-refractivity contribution in [1.29, 1.82) is 0 Å². The maximum atomic E-state index is 12.0. The molecule has 0 atom stereocenters. The molecule has 0 unspecified atom stereocenters. The van der Waals surface area contributed by atoms with Gasteiger partial charge in [-0.25, -0.2) is 0 Å². The third kappa shape index (κ3) is 2.74. The van der Waals surface area contributed by atoms with E-state index in [4.69, 9.17) is 0 Å². The molecule has 1 aromatic heterocycles. The molecule has 1 N–H and O–H groups in total. The summed E-state index contributed by atoms with van der Waals surface area (Å²) in [6, 6.07) is 0. The van der Waals surface area contributed by atoms with Crippen LogP contribution in [0.4, 0.5) is 0 Å². The third-order valence-corrected chi connectivity index (χ3v) is 2.54. The Bertz CT molecular complexity index is 360. The fourth-order valence-corrected chi connectivity index (χ4v) is 1.89. The molecule has 0 aliphatic heterocycles. The third-order valence-electron chi connectivity index (χ3n) is 2.54. The van der Waals surface area contributed by atoms with E-state index in [0.29, 0.717) is 5.92 Å². The zero-order valence-electron chi connectivity index (χ0n) is 10.3. The standard InChI is InChI=1S/C12H22N2O/c1-5-7-11-10(6-2)12(15)14(13-11)8-9(3)4/h9,13H,5-8H2,1-4H3. The smallest absolute Gasteiger partial charge is 0.269 e. The molecule has 1 aromatic rings. The SMILES string of the molecule is CCCc1[nH]n(CC(C)C)c(=O)c1CC. The van der Waals surface area contributed by atoms with Crippen molar-refractivity contribution < 1.29 is 0 Å². The molecule has 0 fully saturated rings. The Morgan fingerprint density at radius 3 is 2.47 bits per heavy atom. The van der Waals surface area contributed by atoms with E-state index >= 15 is 0 Å². The molecule has 0 bridgehead atoms. The highest BCUT2D eigenvalue weighted by Crippen LogP contribution is 2.06. The molecule has 0 aromatic carbocycles. The van der Waals surface area contributed by atoms with Gasteiger partial charge >= 0.3 is 0 Å². The van der Waals surface area contributed by atoms with Crippen LogP contribution in [0.25, 0.3) is 0 Å². The summed E-state index contributed by atoms with van der Waals surface area (Å²) in [5, 5.41) is 3.24. The Morgan fingerprint density at radius 2 is 2.00 bits per heavy atom. The molecule has 0 spiro atoms. The Labute approximate surface area is 91.5 Å². The van der Waals surface area contributed by atoms with Gasteiger partial charge in [-0.05, 0) is 18.8 Å². The number of hydrogen-bond acceptors (Lipinski definition) is 1. The monoisotopic (exact) mass is 210 g/mol. The van der Waals surface area contributed by atoms with Crippen molar-refractivity contribution >= 4 is 0 Å². The second-order valence-corrected chi connectivity index (χ2v) is 4.48. The van der Waals surface area contributed by atoms with Crippen LogP contribution in [0.3, 0.4) is 0 Å². The summed E-state index contributed by atoms with van der Waals surface area (Å²) in [7, 11) is 0. The first-order valence-electron chi connectivity index (χ1n) is 5.90. The summed E-state index contributed by atoms with van der Waals surface area (Å²) < 4.78 is 1.76. The molecule has 3 nitrogen and oxygen atoms in total. The molecular weight excluding hydrogens is 188 g/mol. The predicted molar refractivity (Wildman–Crippen MR) is 63.3 cm³/mol. The van der Waals surface area contributed by atoms with Gasteiger partial charge in [0.1, 0.15) is 0 Å². The summed E-state index contributed by atoms with van der Waals surface area (Å²) in [6.07, 6.45) is 2.88. The van der Waals surface area contributed by atoms with Crippen molar-refractivity contribution in [2.24, 2.45) is 5.92 Å². The van der Waals surface area contributed by atoms with Crippen molar-refractivity contribution in [2.45, 2.75) is 53.5 Å². The minimum atomic E-state index is 0.176. The van der Waals surface area contributed by atoms with Gasteiger partial charge in [0, 0.05) is 17.8 Å². The van der Waals surface area contributed by atoms with Crippen LogP contribution in [0.15, 0.2) is 4.79 Å². The summed E-state index contributed by atoms with van der Waals surface area (Å²) in [5.74, 6) is 0.500. The molecule has 0 saturated carbocycles. The highest BCUT2D eigenvalue weighted by Gasteiger charge is 2.11. The molecule has 0 aliphatic rings. The van der Waals surface area contributed by atoms with Crippen LogP contribution in [-0.2, 0) is 19.4 Å². The minimum Gasteiger partial charge on any atom is -0.299 e. The van der Waals surface area contributed by atoms with Crippen molar-refractivity contribution in [3.8, 4) is 0 Å². The highest BCUT2D eigenvalue weighted by molar-refractivity contribution is 5.17. The van der Waals surface area contributed by atoms with Gasteiger partial charge in [-0.3, -0.25) is 14.6 Å². The van der Waals surface area contributed by atoms with Gasteiger partial charge in [-0.1, -0.05) is 34.1 Å². The van der Waals surface area contributed by atoms with E-state index in [1.54, 1.807) is 4.68 Å². The molecule has 1 rings (SSSR count). The van der Waals surface area contributed by atoms with E-state index < -0.39 is 0 Å². The average molecular weight is 210 g/mol. The van der Waals surface area contributed by atoms with Crippen molar-refractivity contribution in [1.82, 2.24) is 9.78 Å². The summed E-state index contributed by atoms with van der Waals surface area (Å²) in [6.45, 7) is 9.22. The van der Waals surface area contributed by atoms with Crippen LogP contribution in [0.2, 0.25) is 0 Å². The maximum absolute atomic E-state index is 12.0. The lowest BCUT2D eigenvalue weighted by molar-refractivity contribution is 0.469. The number of aryl methyl sites for hydroxylation is 1. The van der Waals surface area contributed by atoms with Crippen molar-refractivity contribution in [3.05, 3.63) is 21.6 Å². The van der Waals surface area contributed by atoms with Crippen LogP contribution in [0.1, 0.15) is 45.4 Å². The van der Waals surface area contributed by atoms with Crippen LogP contribution >= 0.6 is 0 Å². The zero-order valence-corrected chi connectivity index (χ0v) is 10.3. The second kappa shape index (κ2) is 5.19. The number of rotatable bonds is 5. The summed E-state index contributed by atoms with van der Waals surface area (Å²) >= 11 is 0. The molecule has 0 radical (unpaired) electrons. The Morgan fingerprint density at radius 1 is 1.33 bits per heavy atom. The van der Waals surface area contributed by atoms with Gasteiger partial charge in [-0.2, -0.15) is 0 Å². The van der Waals surface area contributed by atoms with Gasteiger partial charge in [0.25, 0.3) is 5.56 Å². The Balaban J connectivity index is 3.04. The fraction of sp³-hybridized carbons (Fsp3) is 0.750. The zero-order chi connectivity index (χ0) is 11.4. The lowest BCUT2D eigenvalue weighted by atomic mass is 10.1. The lowest BCUT2D eigenvalue weighted by Crippen LogP contribution is -2.21. The first-order chi connectivity index (χ1) is 7.10. The molecule has 15 heavy (non-hydrogen) atoms. The van der Waals surface area contributed by atoms with E-state index in [1.807, 2.05) is 6.92 Å². The number of aromatic nitrogens is 2. The molecule has 86 valence electrons. The van der Waals surface area contributed by atoms with Gasteiger partial charge in [-0.15, -0.1) is 0 Å². The normalized spacial score (nSPS) is 11.3. The Kier molecular flexibility index (Phi) is 4.18. The Hall–Kier alpha value is -0.990. The van der Waals surface area contributed by atoms with E-state index in [0.717, 1.165) is 37.1 Å². The molecule has 1 heterocycles. The first-order valence-corrected chi connectivity index (χ1v) is 5.90. The number of nitrogens with zero attached hydrogens (tertiary/aromatic N) is 1. The molecular formula is C12H22N2O. The molecule has 0 amide bonds. The van der Waals surface area contributed by atoms with Gasteiger partial charge in [0.05, 0.1) is 0 Å². The number of H-pyrrole nitrogens is 1. The fourth-order valence-electron chi connectivity index (χ4n) is 1.89. The largest absolute Gasteiger partial charge is 0.299 e. The number of nitrogens with one attached hydrogen (secondary N) is 1. The second-order valence-electron chi connectivity index (χ2n) is 4.48. The van der Waals surface area contributed by atoms with Gasteiger partial charge < -0.3 is 0 Å². The van der Waals surface area contributed by atoms with E-state index in [9.17, 15) is 4.79 Å². The summed E-state index contributed by atoms with van der Waals surface area (Å²) in [4.78, 5) is 12.0. The average Bonchev–Trinajstić information content (AvgIpc) is 2.43.